The third kappa shape index (κ3) is 4.15. The van der Waals surface area contributed by atoms with Gasteiger partial charge in [-0.25, -0.2) is 4.39 Å². The molecule has 0 heterocycles. The van der Waals surface area contributed by atoms with Crippen LogP contribution in [0.2, 0.25) is 0 Å². The average Bonchev–Trinajstić information content (AvgIpc) is 2.18. The van der Waals surface area contributed by atoms with Crippen molar-refractivity contribution >= 4 is 28.6 Å². The molecule has 0 aliphatic carbocycles. The lowest BCUT2D eigenvalue weighted by Gasteiger charge is -2.05. The number of aryl methyl sites for hydroxylation is 1. The Morgan fingerprint density at radius 2 is 2.27 bits per heavy atom. The Hall–Kier alpha value is -0.650. The summed E-state index contributed by atoms with van der Waals surface area (Å²) >= 11 is 2.29. The van der Waals surface area contributed by atoms with Gasteiger partial charge in [-0.2, -0.15) is 0 Å². The predicted molar refractivity (Wildman–Crippen MR) is 64.9 cm³/mol. The van der Waals surface area contributed by atoms with Crippen molar-refractivity contribution in [3.8, 4) is 5.75 Å². The maximum absolute atomic E-state index is 13.2. The Morgan fingerprint density at radius 3 is 2.87 bits per heavy atom. The van der Waals surface area contributed by atoms with Crippen molar-refractivity contribution in [2.75, 3.05) is 4.43 Å². The van der Waals surface area contributed by atoms with Crippen LogP contribution in [0.15, 0.2) is 18.2 Å². The highest BCUT2D eigenvalue weighted by Crippen LogP contribution is 2.20. The third-order valence-electron chi connectivity index (χ3n) is 1.85. The summed E-state index contributed by atoms with van der Waals surface area (Å²) in [6.45, 7) is 1.26. The molecule has 0 aromatic heterocycles. The Labute approximate surface area is 102 Å². The van der Waals surface area contributed by atoms with Crippen molar-refractivity contribution < 1.29 is 13.9 Å². The molecule has 0 bridgehead atoms. The first-order valence-electron chi connectivity index (χ1n) is 4.66. The molecule has 0 amide bonds. The van der Waals surface area contributed by atoms with E-state index in [1.54, 1.807) is 12.1 Å². The van der Waals surface area contributed by atoms with Crippen LogP contribution in [-0.2, 0) is 11.2 Å². The van der Waals surface area contributed by atoms with E-state index in [9.17, 15) is 9.18 Å². The molecular formula is C11H12FIO2. The standard InChI is InChI=1S/C11H12FIO2/c1-8(14)15-11-7-9(3-2-6-13)4-5-10(11)12/h4-5,7H,2-3,6H2,1H3. The summed E-state index contributed by atoms with van der Waals surface area (Å²) in [5, 5.41) is 0. The van der Waals surface area contributed by atoms with Crippen LogP contribution in [0.5, 0.6) is 5.75 Å². The molecule has 0 fully saturated rings. The smallest absolute Gasteiger partial charge is 0.308 e. The summed E-state index contributed by atoms with van der Waals surface area (Å²) in [4.78, 5) is 10.7. The van der Waals surface area contributed by atoms with Crippen molar-refractivity contribution in [1.29, 1.82) is 0 Å². The van der Waals surface area contributed by atoms with Crippen LogP contribution in [0, 0.1) is 5.82 Å². The molecule has 82 valence electrons. The van der Waals surface area contributed by atoms with Crippen molar-refractivity contribution in [3.63, 3.8) is 0 Å². The van der Waals surface area contributed by atoms with Crippen LogP contribution < -0.4 is 4.74 Å². The molecule has 15 heavy (non-hydrogen) atoms. The molecular weight excluding hydrogens is 310 g/mol. The predicted octanol–water partition coefficient (Wildman–Crippen LogP) is 3.12. The number of carbonyl (C=O) groups excluding carboxylic acids is 1. The number of benzene rings is 1. The highest BCUT2D eigenvalue weighted by Gasteiger charge is 2.06. The van der Waals surface area contributed by atoms with E-state index in [4.69, 9.17) is 4.74 Å². The normalized spacial score (nSPS) is 10.1. The number of ether oxygens (including phenoxy) is 1. The highest BCUT2D eigenvalue weighted by atomic mass is 127. The van der Waals surface area contributed by atoms with Crippen LogP contribution >= 0.6 is 22.6 Å². The molecule has 0 aliphatic heterocycles. The average molecular weight is 322 g/mol. The van der Waals surface area contributed by atoms with E-state index in [2.05, 4.69) is 22.6 Å². The summed E-state index contributed by atoms with van der Waals surface area (Å²) in [5.74, 6) is -0.975. The van der Waals surface area contributed by atoms with Crippen LogP contribution in [-0.4, -0.2) is 10.4 Å². The molecule has 1 aromatic rings. The van der Waals surface area contributed by atoms with Gasteiger partial charge in [-0.1, -0.05) is 28.7 Å². The van der Waals surface area contributed by atoms with Gasteiger partial charge in [-0.05, 0) is 35.0 Å². The van der Waals surface area contributed by atoms with Crippen molar-refractivity contribution in [1.82, 2.24) is 0 Å². The minimum absolute atomic E-state index is 0.0217. The summed E-state index contributed by atoms with van der Waals surface area (Å²) in [5.41, 5.74) is 0.990. The van der Waals surface area contributed by atoms with Gasteiger partial charge in [0.1, 0.15) is 0 Å². The van der Waals surface area contributed by atoms with Crippen LogP contribution in [0.1, 0.15) is 18.9 Å². The van der Waals surface area contributed by atoms with Gasteiger partial charge in [0.25, 0.3) is 0 Å². The zero-order chi connectivity index (χ0) is 11.3. The topological polar surface area (TPSA) is 26.3 Å². The van der Waals surface area contributed by atoms with Gasteiger partial charge in [0.05, 0.1) is 0 Å². The molecule has 0 aliphatic rings. The Morgan fingerprint density at radius 1 is 1.53 bits per heavy atom. The van der Waals surface area contributed by atoms with E-state index in [0.717, 1.165) is 22.8 Å². The minimum atomic E-state index is -0.500. The first-order valence-corrected chi connectivity index (χ1v) is 6.19. The van der Waals surface area contributed by atoms with E-state index in [1.165, 1.54) is 13.0 Å². The van der Waals surface area contributed by atoms with Gasteiger partial charge in [0.2, 0.25) is 0 Å². The minimum Gasteiger partial charge on any atom is -0.424 e. The van der Waals surface area contributed by atoms with E-state index in [-0.39, 0.29) is 5.75 Å². The van der Waals surface area contributed by atoms with E-state index in [0.29, 0.717) is 0 Å². The summed E-state index contributed by atoms with van der Waals surface area (Å²) in [7, 11) is 0. The lowest BCUT2D eigenvalue weighted by atomic mass is 10.1. The number of rotatable bonds is 4. The quantitative estimate of drug-likeness (QED) is 0.368. The first-order chi connectivity index (χ1) is 7.13. The maximum atomic E-state index is 13.2. The molecule has 0 spiro atoms. The van der Waals surface area contributed by atoms with E-state index in [1.807, 2.05) is 0 Å². The van der Waals surface area contributed by atoms with Gasteiger partial charge in [-0.15, -0.1) is 0 Å². The number of esters is 1. The molecule has 0 radical (unpaired) electrons. The second-order valence-electron chi connectivity index (χ2n) is 3.15. The monoisotopic (exact) mass is 322 g/mol. The van der Waals surface area contributed by atoms with Gasteiger partial charge in [0.15, 0.2) is 11.6 Å². The van der Waals surface area contributed by atoms with Crippen LogP contribution in [0.25, 0.3) is 0 Å². The fourth-order valence-electron chi connectivity index (χ4n) is 1.21. The lowest BCUT2D eigenvalue weighted by molar-refractivity contribution is -0.132. The van der Waals surface area contributed by atoms with Crippen LogP contribution in [0.3, 0.4) is 0 Å². The lowest BCUT2D eigenvalue weighted by Crippen LogP contribution is -2.03. The summed E-state index contributed by atoms with van der Waals surface area (Å²) < 4.78 is 19.0. The molecule has 0 saturated heterocycles. The third-order valence-corrected chi connectivity index (χ3v) is 2.61. The van der Waals surface area contributed by atoms with Crippen LogP contribution in [0.4, 0.5) is 4.39 Å². The van der Waals surface area contributed by atoms with Gasteiger partial charge in [-0.3, -0.25) is 4.79 Å². The Bertz CT molecular complexity index is 352. The number of alkyl halides is 1. The first kappa shape index (κ1) is 12.4. The summed E-state index contributed by atoms with van der Waals surface area (Å²) in [6, 6.07) is 4.64. The second kappa shape index (κ2) is 6.05. The molecule has 0 N–H and O–H groups in total. The number of hydrogen-bond acceptors (Lipinski definition) is 2. The summed E-state index contributed by atoms with van der Waals surface area (Å²) in [6.07, 6.45) is 1.91. The molecule has 1 rings (SSSR count). The van der Waals surface area contributed by atoms with Gasteiger partial charge >= 0.3 is 5.97 Å². The Balaban J connectivity index is 2.80. The van der Waals surface area contributed by atoms with E-state index < -0.39 is 11.8 Å². The molecule has 2 nitrogen and oxygen atoms in total. The highest BCUT2D eigenvalue weighted by molar-refractivity contribution is 14.1. The number of carbonyl (C=O) groups is 1. The van der Waals surface area contributed by atoms with Gasteiger partial charge < -0.3 is 4.74 Å². The maximum Gasteiger partial charge on any atom is 0.308 e. The Kier molecular flexibility index (Phi) is 5.01. The largest absolute Gasteiger partial charge is 0.424 e. The van der Waals surface area contributed by atoms with Crippen molar-refractivity contribution in [2.24, 2.45) is 0 Å². The fourth-order valence-corrected chi connectivity index (χ4v) is 1.59. The zero-order valence-corrected chi connectivity index (χ0v) is 10.6. The van der Waals surface area contributed by atoms with Crippen molar-refractivity contribution in [2.45, 2.75) is 19.8 Å². The molecule has 0 unspecified atom stereocenters. The number of hydrogen-bond donors (Lipinski definition) is 0. The molecule has 0 atom stereocenters. The molecule has 1 aromatic carbocycles. The SMILES string of the molecule is CC(=O)Oc1cc(CCCI)ccc1F. The van der Waals surface area contributed by atoms with Gasteiger partial charge in [0, 0.05) is 6.92 Å². The van der Waals surface area contributed by atoms with Crippen molar-refractivity contribution in [3.05, 3.63) is 29.6 Å². The number of halogens is 2. The molecule has 0 saturated carbocycles. The van der Waals surface area contributed by atoms with E-state index >= 15 is 0 Å². The fraction of sp³-hybridized carbons (Fsp3) is 0.364. The second-order valence-corrected chi connectivity index (χ2v) is 4.23. The molecule has 4 heteroatoms. The zero-order valence-electron chi connectivity index (χ0n) is 8.43.